The molecule has 0 radical (unpaired) electrons. The van der Waals surface area contributed by atoms with E-state index in [0.717, 1.165) is 60.2 Å². The minimum atomic E-state index is -1.75. The topological polar surface area (TPSA) is 29.5 Å². The highest BCUT2D eigenvalue weighted by atomic mass is 31.1. The number of hydrogen-bond acceptors (Lipinski definition) is 3. The van der Waals surface area contributed by atoms with Crippen molar-refractivity contribution in [1.29, 1.82) is 0 Å². The van der Waals surface area contributed by atoms with Gasteiger partial charge in [-0.05, 0) is 88.9 Å². The van der Waals surface area contributed by atoms with E-state index in [-0.39, 0.29) is 12.1 Å². The molecule has 4 heteroatoms. The summed E-state index contributed by atoms with van der Waals surface area (Å²) >= 11 is 0. The van der Waals surface area contributed by atoms with Crippen LogP contribution in [0.5, 0.6) is 0 Å². The van der Waals surface area contributed by atoms with Crippen LogP contribution in [0.25, 0.3) is 54.3 Å². The summed E-state index contributed by atoms with van der Waals surface area (Å²) in [7, 11) is -1.75. The molecule has 0 amide bonds. The summed E-state index contributed by atoms with van der Waals surface area (Å²) in [6.45, 7) is 12.8. The van der Waals surface area contributed by atoms with E-state index in [9.17, 15) is 0 Å². The van der Waals surface area contributed by atoms with Crippen LogP contribution in [0.1, 0.15) is 39.3 Å². The first-order chi connectivity index (χ1) is 24.4. The van der Waals surface area contributed by atoms with Gasteiger partial charge in [-0.15, -0.1) is 6.42 Å². The molecule has 0 N–H and O–H groups in total. The van der Waals surface area contributed by atoms with E-state index < -0.39 is 8.16 Å². The fourth-order valence-corrected chi connectivity index (χ4v) is 8.91. The Labute approximate surface area is 295 Å². The smallest absolute Gasteiger partial charge is 0.310 e. The normalized spacial score (nSPS) is 13.8. The van der Waals surface area contributed by atoms with Crippen LogP contribution < -0.4 is 4.67 Å². The SMILES string of the molecule is C#C/C(C(=C)/C=C\C)=C(/C=C\C)C(C)N(C(C)c1cccc2ccccc12)p1oc2ccc3ccccc3c2c2c(ccc3ccccc32)o1. The number of allylic oxidation sites excluding steroid dienone is 5. The molecule has 0 saturated carbocycles. The number of rotatable bonds is 8. The first-order valence-corrected chi connectivity index (χ1v) is 18.2. The third-order valence-corrected chi connectivity index (χ3v) is 11.3. The van der Waals surface area contributed by atoms with Gasteiger partial charge in [0.25, 0.3) is 0 Å². The van der Waals surface area contributed by atoms with Crippen LogP contribution in [0.3, 0.4) is 0 Å². The van der Waals surface area contributed by atoms with Crippen molar-refractivity contribution in [3.8, 4) is 12.3 Å². The van der Waals surface area contributed by atoms with Gasteiger partial charge in [-0.3, -0.25) is 0 Å². The molecular weight excluding hydrogens is 629 g/mol. The third-order valence-electron chi connectivity index (χ3n) is 9.56. The van der Waals surface area contributed by atoms with Crippen molar-refractivity contribution in [3.63, 3.8) is 0 Å². The van der Waals surface area contributed by atoms with E-state index in [1.807, 2.05) is 32.1 Å². The lowest BCUT2D eigenvalue weighted by atomic mass is 9.94. The van der Waals surface area contributed by atoms with Gasteiger partial charge >= 0.3 is 8.16 Å². The molecule has 1 aromatic heterocycles. The lowest BCUT2D eigenvalue weighted by Gasteiger charge is -2.33. The molecule has 1 heterocycles. The summed E-state index contributed by atoms with van der Waals surface area (Å²) in [6.07, 6.45) is 14.3. The van der Waals surface area contributed by atoms with E-state index in [4.69, 9.17) is 14.8 Å². The maximum atomic E-state index is 7.22. The summed E-state index contributed by atoms with van der Waals surface area (Å²) < 4.78 is 16.8. The molecule has 7 aromatic rings. The van der Waals surface area contributed by atoms with Crippen LogP contribution >= 0.6 is 8.16 Å². The van der Waals surface area contributed by atoms with Crippen LogP contribution in [-0.2, 0) is 0 Å². The molecule has 2 atom stereocenters. The number of terminal acetylenes is 1. The van der Waals surface area contributed by atoms with E-state index in [1.165, 1.54) is 16.3 Å². The standard InChI is InChI=1S/C46H40NO2P/c1-7-17-31(4)37(9-3)38(18-8-2)32(5)47(33(6)39-26-16-22-34-19-10-13-23-40(34)39)50-48-43-29-27-35-20-11-14-24-41(35)45(43)46-42-25-15-12-21-36(42)28-30-44(46)49-50/h3,7-8,10-30,32-33H,4H2,1-2,5-6H3/b17-7-,18-8-,38-37+. The summed E-state index contributed by atoms with van der Waals surface area (Å²) in [5.74, 6) is 2.98. The molecule has 0 aliphatic carbocycles. The van der Waals surface area contributed by atoms with Crippen LogP contribution in [0.15, 0.2) is 171 Å². The Hall–Kier alpha value is -5.52. The first kappa shape index (κ1) is 33.0. The molecule has 6 aromatic carbocycles. The van der Waals surface area contributed by atoms with Crippen LogP contribution in [0, 0.1) is 12.3 Å². The summed E-state index contributed by atoms with van der Waals surface area (Å²) in [4.78, 5) is 0. The third kappa shape index (κ3) is 5.88. The molecular formula is C46H40NO2P. The van der Waals surface area contributed by atoms with E-state index in [1.54, 1.807) is 0 Å². The maximum absolute atomic E-state index is 7.22. The first-order valence-electron chi connectivity index (χ1n) is 17.1. The number of hydrogen-bond donors (Lipinski definition) is 0. The molecule has 0 saturated heterocycles. The zero-order valence-corrected chi connectivity index (χ0v) is 29.8. The molecule has 2 unspecified atom stereocenters. The fraction of sp³-hybridized carbons (Fsp3) is 0.130. The van der Waals surface area contributed by atoms with Crippen LogP contribution in [-0.4, -0.2) is 6.04 Å². The second-order valence-corrected chi connectivity index (χ2v) is 13.8. The van der Waals surface area contributed by atoms with Crippen molar-refractivity contribution >= 4 is 62.4 Å². The highest BCUT2D eigenvalue weighted by Crippen LogP contribution is 2.47. The lowest BCUT2D eigenvalue weighted by Crippen LogP contribution is -2.35. The predicted molar refractivity (Wildman–Crippen MR) is 216 cm³/mol. The molecule has 0 aliphatic heterocycles. The van der Waals surface area contributed by atoms with Crippen molar-refractivity contribution in [2.75, 3.05) is 4.67 Å². The Morgan fingerprint density at radius 3 is 1.72 bits per heavy atom. The molecule has 50 heavy (non-hydrogen) atoms. The minimum Gasteiger partial charge on any atom is -0.408 e. The number of fused-ring (bicyclic) bond motifs is 8. The highest BCUT2D eigenvalue weighted by Gasteiger charge is 2.32. The summed E-state index contributed by atoms with van der Waals surface area (Å²) in [5, 5.41) is 8.99. The van der Waals surface area contributed by atoms with Gasteiger partial charge < -0.3 is 8.39 Å². The molecule has 0 aliphatic rings. The summed E-state index contributed by atoms with van der Waals surface area (Å²) in [5.41, 5.74) is 5.28. The van der Waals surface area contributed by atoms with Crippen LogP contribution in [0.2, 0.25) is 0 Å². The van der Waals surface area contributed by atoms with Crippen LogP contribution in [0.4, 0.5) is 0 Å². The van der Waals surface area contributed by atoms with Crippen molar-refractivity contribution < 1.29 is 8.39 Å². The van der Waals surface area contributed by atoms with Crippen molar-refractivity contribution in [3.05, 3.63) is 168 Å². The highest BCUT2D eigenvalue weighted by molar-refractivity contribution is 7.39. The molecule has 0 fully saturated rings. The predicted octanol–water partition coefficient (Wildman–Crippen LogP) is 13.5. The van der Waals surface area contributed by atoms with Gasteiger partial charge in [-0.1, -0.05) is 140 Å². The second kappa shape index (κ2) is 14.1. The van der Waals surface area contributed by atoms with E-state index in [2.05, 4.69) is 152 Å². The van der Waals surface area contributed by atoms with Crippen molar-refractivity contribution in [2.45, 2.75) is 39.8 Å². The van der Waals surface area contributed by atoms with Gasteiger partial charge in [-0.25, -0.2) is 0 Å². The second-order valence-electron chi connectivity index (χ2n) is 12.5. The zero-order chi connectivity index (χ0) is 34.8. The van der Waals surface area contributed by atoms with Gasteiger partial charge in [0, 0.05) is 28.4 Å². The Morgan fingerprint density at radius 1 is 0.680 bits per heavy atom. The van der Waals surface area contributed by atoms with Gasteiger partial charge in [0.2, 0.25) is 0 Å². The van der Waals surface area contributed by atoms with Gasteiger partial charge in [-0.2, -0.15) is 4.67 Å². The quantitative estimate of drug-likeness (QED) is 0.119. The average Bonchev–Trinajstić information content (AvgIpc) is 3.32. The maximum Gasteiger partial charge on any atom is 0.310 e. The molecule has 246 valence electrons. The van der Waals surface area contributed by atoms with Gasteiger partial charge in [0.05, 0.1) is 0 Å². The Balaban J connectivity index is 1.61. The molecule has 7 rings (SSSR count). The minimum absolute atomic E-state index is 0.137. The lowest BCUT2D eigenvalue weighted by molar-refractivity contribution is 0.575. The average molecular weight is 670 g/mol. The van der Waals surface area contributed by atoms with Gasteiger partial charge in [0.1, 0.15) is 11.2 Å². The largest absolute Gasteiger partial charge is 0.408 e. The fourth-order valence-electron chi connectivity index (χ4n) is 7.23. The van der Waals surface area contributed by atoms with Crippen molar-refractivity contribution in [2.24, 2.45) is 0 Å². The number of benzene rings is 6. The Bertz CT molecular complexity index is 2490. The van der Waals surface area contributed by atoms with Crippen molar-refractivity contribution in [1.82, 2.24) is 0 Å². The zero-order valence-electron chi connectivity index (χ0n) is 28.9. The van der Waals surface area contributed by atoms with E-state index >= 15 is 0 Å². The summed E-state index contributed by atoms with van der Waals surface area (Å²) in [6, 6.07) is 40.1. The van der Waals surface area contributed by atoms with Gasteiger partial charge in [0.15, 0.2) is 0 Å². The Morgan fingerprint density at radius 2 is 1.18 bits per heavy atom. The molecule has 0 spiro atoms. The van der Waals surface area contributed by atoms with E-state index in [0.29, 0.717) is 0 Å². The monoisotopic (exact) mass is 669 g/mol. The Kier molecular flexibility index (Phi) is 9.34. The number of nitrogens with zero attached hydrogens (tertiary/aromatic N) is 1. The molecule has 3 nitrogen and oxygen atoms in total. The molecule has 0 bridgehead atoms.